The van der Waals surface area contributed by atoms with E-state index in [1.807, 2.05) is 24.4 Å². The number of nitrogens with zero attached hydrogens (tertiary/aromatic N) is 2. The van der Waals surface area contributed by atoms with Crippen LogP contribution in [0.15, 0.2) is 61.1 Å². The van der Waals surface area contributed by atoms with Crippen molar-refractivity contribution in [3.8, 4) is 10.4 Å². The molecule has 1 unspecified atom stereocenters. The Hall–Kier alpha value is -3.04. The van der Waals surface area contributed by atoms with Crippen molar-refractivity contribution in [1.29, 1.82) is 0 Å². The van der Waals surface area contributed by atoms with Crippen molar-refractivity contribution in [2.75, 3.05) is 11.9 Å². The second kappa shape index (κ2) is 8.60. The van der Waals surface area contributed by atoms with Gasteiger partial charge in [0, 0.05) is 36.6 Å². The summed E-state index contributed by atoms with van der Waals surface area (Å²) < 4.78 is 51.7. The molecule has 0 saturated carbocycles. The number of aromatic nitrogens is 2. The molecule has 1 atom stereocenters. The Bertz CT molecular complexity index is 1210. The third kappa shape index (κ3) is 5.00. The average Bonchev–Trinajstić information content (AvgIpc) is 3.20. The largest absolute Gasteiger partial charge is 0.419 e. The van der Waals surface area contributed by atoms with E-state index in [0.717, 1.165) is 33.3 Å². The van der Waals surface area contributed by atoms with Crippen molar-refractivity contribution in [3.63, 3.8) is 0 Å². The van der Waals surface area contributed by atoms with Crippen LogP contribution in [0.2, 0.25) is 0 Å². The van der Waals surface area contributed by atoms with Crippen molar-refractivity contribution in [1.82, 2.24) is 9.97 Å². The number of halogens is 4. The SMILES string of the molecule is NC(CNc1ncc(-c2ccc3cnccc3c2)s1)Cc1ccc(C(F)(F)F)c(F)c1. The number of benzene rings is 2. The van der Waals surface area contributed by atoms with Gasteiger partial charge < -0.3 is 11.1 Å². The molecule has 4 aromatic rings. The van der Waals surface area contributed by atoms with E-state index >= 15 is 0 Å². The van der Waals surface area contributed by atoms with E-state index < -0.39 is 23.6 Å². The van der Waals surface area contributed by atoms with Crippen molar-refractivity contribution >= 4 is 27.2 Å². The van der Waals surface area contributed by atoms with Crippen molar-refractivity contribution < 1.29 is 17.6 Å². The number of hydrogen-bond acceptors (Lipinski definition) is 5. The van der Waals surface area contributed by atoms with Gasteiger partial charge in [-0.2, -0.15) is 13.2 Å². The number of nitrogens with two attached hydrogens (primary N) is 1. The van der Waals surface area contributed by atoms with E-state index in [4.69, 9.17) is 5.73 Å². The van der Waals surface area contributed by atoms with Gasteiger partial charge in [-0.05, 0) is 47.2 Å². The predicted octanol–water partition coefficient (Wildman–Crippen LogP) is 5.50. The van der Waals surface area contributed by atoms with Gasteiger partial charge in [-0.3, -0.25) is 4.98 Å². The van der Waals surface area contributed by atoms with Crippen molar-refractivity contribution in [3.05, 3.63) is 78.0 Å². The highest BCUT2D eigenvalue weighted by Crippen LogP contribution is 2.32. The fourth-order valence-electron chi connectivity index (χ4n) is 3.23. The summed E-state index contributed by atoms with van der Waals surface area (Å²) in [5.41, 5.74) is 6.24. The van der Waals surface area contributed by atoms with Gasteiger partial charge in [-0.15, -0.1) is 0 Å². The molecule has 3 N–H and O–H groups in total. The quantitative estimate of drug-likeness (QED) is 0.384. The van der Waals surface area contributed by atoms with Crippen LogP contribution in [0.5, 0.6) is 0 Å². The van der Waals surface area contributed by atoms with Gasteiger partial charge in [-0.1, -0.05) is 29.5 Å². The highest BCUT2D eigenvalue weighted by Gasteiger charge is 2.33. The Morgan fingerprint density at radius 3 is 2.65 bits per heavy atom. The van der Waals surface area contributed by atoms with Gasteiger partial charge in [0.25, 0.3) is 0 Å². The molecular weight excluding hydrogens is 428 g/mol. The van der Waals surface area contributed by atoms with Crippen molar-refractivity contribution in [2.45, 2.75) is 18.6 Å². The lowest BCUT2D eigenvalue weighted by Crippen LogP contribution is -2.31. The number of anilines is 1. The van der Waals surface area contributed by atoms with Gasteiger partial charge in [0.15, 0.2) is 5.13 Å². The Kier molecular flexibility index (Phi) is 5.88. The van der Waals surface area contributed by atoms with Gasteiger partial charge in [0.1, 0.15) is 5.82 Å². The fourth-order valence-corrected chi connectivity index (χ4v) is 4.05. The lowest BCUT2D eigenvalue weighted by atomic mass is 10.0. The Labute approximate surface area is 179 Å². The molecule has 0 aliphatic carbocycles. The molecule has 0 aliphatic heterocycles. The minimum atomic E-state index is -4.71. The molecule has 0 spiro atoms. The minimum absolute atomic E-state index is 0.235. The lowest BCUT2D eigenvalue weighted by Gasteiger charge is -2.14. The Balaban J connectivity index is 1.37. The van der Waals surface area contributed by atoms with E-state index in [0.29, 0.717) is 17.2 Å². The number of pyridine rings is 1. The molecule has 2 heterocycles. The maximum absolute atomic E-state index is 13.7. The van der Waals surface area contributed by atoms with E-state index in [1.54, 1.807) is 12.4 Å². The Morgan fingerprint density at radius 1 is 1.03 bits per heavy atom. The third-order valence-corrected chi connectivity index (χ3v) is 5.79. The lowest BCUT2D eigenvalue weighted by molar-refractivity contribution is -0.140. The van der Waals surface area contributed by atoms with Crippen LogP contribution in [-0.4, -0.2) is 22.6 Å². The van der Waals surface area contributed by atoms with Gasteiger partial charge in [0.2, 0.25) is 0 Å². The number of nitrogens with one attached hydrogen (secondary N) is 1. The molecule has 0 radical (unpaired) electrons. The van der Waals surface area contributed by atoms with Gasteiger partial charge >= 0.3 is 6.18 Å². The average molecular weight is 446 g/mol. The van der Waals surface area contributed by atoms with Crippen LogP contribution < -0.4 is 11.1 Å². The molecule has 0 aliphatic rings. The minimum Gasteiger partial charge on any atom is -0.360 e. The Morgan fingerprint density at radius 2 is 1.87 bits per heavy atom. The molecule has 2 aromatic carbocycles. The van der Waals surface area contributed by atoms with Crippen LogP contribution in [-0.2, 0) is 12.6 Å². The number of alkyl halides is 3. The van der Waals surface area contributed by atoms with E-state index in [-0.39, 0.29) is 6.42 Å². The number of thiazole rings is 1. The summed E-state index contributed by atoms with van der Waals surface area (Å²) in [5.74, 6) is -1.29. The highest BCUT2D eigenvalue weighted by molar-refractivity contribution is 7.18. The molecule has 4 nitrogen and oxygen atoms in total. The second-order valence-electron chi connectivity index (χ2n) is 7.12. The first kappa shape index (κ1) is 21.2. The summed E-state index contributed by atoms with van der Waals surface area (Å²) in [6.45, 7) is 0.346. The van der Waals surface area contributed by atoms with Gasteiger partial charge in [-0.25, -0.2) is 9.37 Å². The first-order valence-electron chi connectivity index (χ1n) is 9.44. The maximum atomic E-state index is 13.7. The van der Waals surface area contributed by atoms with Crippen LogP contribution in [0.3, 0.4) is 0 Å². The predicted molar refractivity (Wildman–Crippen MR) is 114 cm³/mol. The second-order valence-corrected chi connectivity index (χ2v) is 8.15. The third-order valence-electron chi connectivity index (χ3n) is 4.78. The smallest absolute Gasteiger partial charge is 0.360 e. The standard InChI is InChI=1S/C22H18F4N4S/c23-19-8-13(1-4-18(19)22(24,25)26)7-17(27)11-29-21-30-12-20(31-21)15-2-3-16-10-28-6-5-14(16)9-15/h1-6,8-10,12,17H,7,11,27H2,(H,29,30). The van der Waals surface area contributed by atoms with E-state index in [9.17, 15) is 17.6 Å². The zero-order valence-electron chi connectivity index (χ0n) is 16.2. The summed E-state index contributed by atoms with van der Waals surface area (Å²) in [4.78, 5) is 9.45. The molecule has 9 heteroatoms. The number of fused-ring (bicyclic) bond motifs is 1. The summed E-state index contributed by atoms with van der Waals surface area (Å²) in [6, 6.07) is 10.5. The molecular formula is C22H18F4N4S. The van der Waals surface area contributed by atoms with E-state index in [1.165, 1.54) is 17.4 Å². The summed E-state index contributed by atoms with van der Waals surface area (Å²) in [7, 11) is 0. The topological polar surface area (TPSA) is 63.8 Å². The molecule has 0 saturated heterocycles. The van der Waals surface area contributed by atoms with Crippen LogP contribution in [0.25, 0.3) is 21.2 Å². The maximum Gasteiger partial charge on any atom is 0.419 e. The molecule has 160 valence electrons. The summed E-state index contributed by atoms with van der Waals surface area (Å²) in [5, 5.41) is 5.96. The molecule has 0 bridgehead atoms. The zero-order valence-corrected chi connectivity index (χ0v) is 17.0. The molecule has 31 heavy (non-hydrogen) atoms. The molecule has 2 aromatic heterocycles. The summed E-state index contributed by atoms with van der Waals surface area (Å²) in [6.07, 6.45) is 0.847. The van der Waals surface area contributed by atoms with E-state index in [2.05, 4.69) is 21.4 Å². The van der Waals surface area contributed by atoms with Crippen molar-refractivity contribution in [2.24, 2.45) is 5.73 Å². The van der Waals surface area contributed by atoms with Crippen LogP contribution in [0.1, 0.15) is 11.1 Å². The number of hydrogen-bond donors (Lipinski definition) is 2. The van der Waals surface area contributed by atoms with Crippen LogP contribution >= 0.6 is 11.3 Å². The fraction of sp³-hybridized carbons (Fsp3) is 0.182. The summed E-state index contributed by atoms with van der Waals surface area (Å²) >= 11 is 1.47. The van der Waals surface area contributed by atoms with Crippen LogP contribution in [0.4, 0.5) is 22.7 Å². The first-order valence-corrected chi connectivity index (χ1v) is 10.3. The highest BCUT2D eigenvalue weighted by atomic mass is 32.1. The molecule has 4 rings (SSSR count). The van der Waals surface area contributed by atoms with Crippen LogP contribution in [0, 0.1) is 5.82 Å². The molecule has 0 fully saturated rings. The molecule has 0 amide bonds. The zero-order chi connectivity index (χ0) is 22.0. The number of rotatable bonds is 6. The normalized spacial score (nSPS) is 12.8. The van der Waals surface area contributed by atoms with Gasteiger partial charge in [0.05, 0.1) is 10.4 Å². The first-order chi connectivity index (χ1) is 14.8. The monoisotopic (exact) mass is 446 g/mol.